The fourth-order valence-corrected chi connectivity index (χ4v) is 2.94. The smallest absolute Gasteiger partial charge is 0.0834 e. The predicted octanol–water partition coefficient (Wildman–Crippen LogP) is 3.10. The zero-order valence-corrected chi connectivity index (χ0v) is 14.6. The summed E-state index contributed by atoms with van der Waals surface area (Å²) in [6.07, 6.45) is 2.39. The fourth-order valence-electron chi connectivity index (χ4n) is 2.21. The Bertz CT molecular complexity index is 597. The molecule has 0 saturated heterocycles. The lowest BCUT2D eigenvalue weighted by Crippen LogP contribution is -2.24. The maximum absolute atomic E-state index is 6.37. The SMILES string of the molecule is CN(C)CCn1ncc(Cl)c1C(N)Cc1ccccc1Br. The second kappa shape index (κ2) is 7.40. The van der Waals surface area contributed by atoms with Crippen LogP contribution in [-0.4, -0.2) is 35.3 Å². The van der Waals surface area contributed by atoms with Gasteiger partial charge in [0.25, 0.3) is 0 Å². The largest absolute Gasteiger partial charge is 0.322 e. The van der Waals surface area contributed by atoms with Crippen LogP contribution in [0.25, 0.3) is 0 Å². The quantitative estimate of drug-likeness (QED) is 0.849. The minimum atomic E-state index is -0.180. The van der Waals surface area contributed by atoms with Gasteiger partial charge in [0.15, 0.2) is 0 Å². The molecular weight excluding hydrogens is 352 g/mol. The molecule has 2 aromatic rings. The van der Waals surface area contributed by atoms with E-state index < -0.39 is 0 Å². The van der Waals surface area contributed by atoms with Crippen LogP contribution in [0.5, 0.6) is 0 Å². The minimum Gasteiger partial charge on any atom is -0.322 e. The maximum Gasteiger partial charge on any atom is 0.0834 e. The molecule has 21 heavy (non-hydrogen) atoms. The van der Waals surface area contributed by atoms with Gasteiger partial charge in [0.2, 0.25) is 0 Å². The number of benzene rings is 1. The van der Waals surface area contributed by atoms with Crippen molar-refractivity contribution in [3.05, 3.63) is 51.2 Å². The number of aromatic nitrogens is 2. The molecule has 0 aliphatic heterocycles. The summed E-state index contributed by atoms with van der Waals surface area (Å²) in [4.78, 5) is 2.11. The molecule has 114 valence electrons. The average molecular weight is 372 g/mol. The van der Waals surface area contributed by atoms with E-state index in [0.29, 0.717) is 5.02 Å². The van der Waals surface area contributed by atoms with Crippen LogP contribution in [0.15, 0.2) is 34.9 Å². The molecule has 0 spiro atoms. The molecule has 0 radical (unpaired) electrons. The van der Waals surface area contributed by atoms with Crippen LogP contribution in [-0.2, 0) is 13.0 Å². The van der Waals surface area contributed by atoms with E-state index in [9.17, 15) is 0 Å². The first-order chi connectivity index (χ1) is 9.99. The molecule has 2 rings (SSSR count). The summed E-state index contributed by atoms with van der Waals surface area (Å²) in [6.45, 7) is 1.67. The molecule has 0 aliphatic carbocycles. The lowest BCUT2D eigenvalue weighted by molar-refractivity contribution is 0.366. The Morgan fingerprint density at radius 1 is 1.38 bits per heavy atom. The van der Waals surface area contributed by atoms with Crippen LogP contribution in [0, 0.1) is 0 Å². The van der Waals surface area contributed by atoms with E-state index in [1.165, 1.54) is 5.56 Å². The Morgan fingerprint density at radius 2 is 2.10 bits per heavy atom. The van der Waals surface area contributed by atoms with E-state index in [-0.39, 0.29) is 6.04 Å². The van der Waals surface area contributed by atoms with Crippen LogP contribution in [0.3, 0.4) is 0 Å². The first-order valence-electron chi connectivity index (χ1n) is 6.84. The highest BCUT2D eigenvalue weighted by Crippen LogP contribution is 2.26. The summed E-state index contributed by atoms with van der Waals surface area (Å²) in [5, 5.41) is 4.97. The van der Waals surface area contributed by atoms with Gasteiger partial charge in [-0.05, 0) is 32.1 Å². The van der Waals surface area contributed by atoms with Crippen molar-refractivity contribution in [3.8, 4) is 0 Å². The van der Waals surface area contributed by atoms with Crippen LogP contribution in [0.1, 0.15) is 17.3 Å². The number of nitrogens with two attached hydrogens (primary N) is 1. The molecule has 1 heterocycles. The number of nitrogens with zero attached hydrogens (tertiary/aromatic N) is 3. The van der Waals surface area contributed by atoms with Crippen molar-refractivity contribution < 1.29 is 0 Å². The maximum atomic E-state index is 6.37. The van der Waals surface area contributed by atoms with E-state index in [1.807, 2.05) is 37.0 Å². The number of likely N-dealkylation sites (N-methyl/N-ethyl adjacent to an activating group) is 1. The van der Waals surface area contributed by atoms with Crippen LogP contribution < -0.4 is 5.73 Å². The summed E-state index contributed by atoms with van der Waals surface area (Å²) < 4.78 is 2.97. The Labute approximate surface area is 139 Å². The lowest BCUT2D eigenvalue weighted by atomic mass is 10.0. The molecule has 1 unspecified atom stereocenters. The number of halogens is 2. The van der Waals surface area contributed by atoms with Crippen molar-refractivity contribution in [1.82, 2.24) is 14.7 Å². The predicted molar refractivity (Wildman–Crippen MR) is 90.6 cm³/mol. The second-order valence-electron chi connectivity index (χ2n) is 5.31. The van der Waals surface area contributed by atoms with Gasteiger partial charge < -0.3 is 10.6 Å². The van der Waals surface area contributed by atoms with E-state index in [4.69, 9.17) is 17.3 Å². The molecule has 6 heteroatoms. The Balaban J connectivity index is 2.17. The Morgan fingerprint density at radius 3 is 2.76 bits per heavy atom. The summed E-state index contributed by atoms with van der Waals surface area (Å²) >= 11 is 9.83. The molecule has 0 saturated carbocycles. The highest BCUT2D eigenvalue weighted by atomic mass is 79.9. The van der Waals surface area contributed by atoms with Crippen molar-refractivity contribution in [3.63, 3.8) is 0 Å². The highest BCUT2D eigenvalue weighted by Gasteiger charge is 2.18. The van der Waals surface area contributed by atoms with Gasteiger partial charge >= 0.3 is 0 Å². The van der Waals surface area contributed by atoms with Gasteiger partial charge in [-0.3, -0.25) is 4.68 Å². The molecule has 0 amide bonds. The van der Waals surface area contributed by atoms with E-state index in [1.54, 1.807) is 6.20 Å². The van der Waals surface area contributed by atoms with Crippen molar-refractivity contribution >= 4 is 27.5 Å². The van der Waals surface area contributed by atoms with E-state index >= 15 is 0 Å². The summed E-state index contributed by atoms with van der Waals surface area (Å²) in [5.41, 5.74) is 8.43. The third-order valence-electron chi connectivity index (χ3n) is 3.34. The lowest BCUT2D eigenvalue weighted by Gasteiger charge is -2.17. The zero-order chi connectivity index (χ0) is 15.4. The fraction of sp³-hybridized carbons (Fsp3) is 0.400. The molecule has 1 atom stereocenters. The van der Waals surface area contributed by atoms with Crippen LogP contribution >= 0.6 is 27.5 Å². The first kappa shape index (κ1) is 16.5. The zero-order valence-electron chi connectivity index (χ0n) is 12.3. The Hall–Kier alpha value is -0.880. The van der Waals surface area contributed by atoms with Gasteiger partial charge in [-0.1, -0.05) is 45.7 Å². The molecule has 0 bridgehead atoms. The molecule has 0 fully saturated rings. The number of hydrogen-bond donors (Lipinski definition) is 1. The normalized spacial score (nSPS) is 12.9. The molecular formula is C15H20BrClN4. The van der Waals surface area contributed by atoms with Gasteiger partial charge in [0, 0.05) is 11.0 Å². The molecule has 1 aromatic carbocycles. The standard InChI is InChI=1S/C15H20BrClN4/c1-20(2)7-8-21-15(13(17)10-19-21)14(18)9-11-5-3-4-6-12(11)16/h3-6,10,14H,7-9,18H2,1-2H3. The van der Waals surface area contributed by atoms with E-state index in [2.05, 4.69) is 32.0 Å². The number of rotatable bonds is 6. The topological polar surface area (TPSA) is 47.1 Å². The van der Waals surface area contributed by atoms with Gasteiger partial charge in [0.05, 0.1) is 29.5 Å². The summed E-state index contributed by atoms with van der Waals surface area (Å²) in [7, 11) is 4.07. The summed E-state index contributed by atoms with van der Waals surface area (Å²) in [6, 6.07) is 7.91. The summed E-state index contributed by atoms with van der Waals surface area (Å²) in [5.74, 6) is 0. The van der Waals surface area contributed by atoms with E-state index in [0.717, 1.165) is 29.7 Å². The average Bonchev–Trinajstić information content (AvgIpc) is 2.80. The third kappa shape index (κ3) is 4.30. The van der Waals surface area contributed by atoms with Gasteiger partial charge in [-0.15, -0.1) is 0 Å². The monoisotopic (exact) mass is 370 g/mol. The number of hydrogen-bond acceptors (Lipinski definition) is 3. The van der Waals surface area contributed by atoms with Gasteiger partial charge in [-0.25, -0.2) is 0 Å². The Kier molecular flexibility index (Phi) is 5.81. The van der Waals surface area contributed by atoms with Crippen molar-refractivity contribution in [2.24, 2.45) is 5.73 Å². The highest BCUT2D eigenvalue weighted by molar-refractivity contribution is 9.10. The second-order valence-corrected chi connectivity index (χ2v) is 6.57. The molecule has 0 aliphatic rings. The van der Waals surface area contributed by atoms with Crippen LogP contribution in [0.4, 0.5) is 0 Å². The van der Waals surface area contributed by atoms with Gasteiger partial charge in [-0.2, -0.15) is 5.10 Å². The molecule has 4 nitrogen and oxygen atoms in total. The third-order valence-corrected chi connectivity index (χ3v) is 4.41. The van der Waals surface area contributed by atoms with Crippen molar-refractivity contribution in [1.29, 1.82) is 0 Å². The first-order valence-corrected chi connectivity index (χ1v) is 8.01. The van der Waals surface area contributed by atoms with Crippen molar-refractivity contribution in [2.45, 2.75) is 19.0 Å². The minimum absolute atomic E-state index is 0.180. The van der Waals surface area contributed by atoms with Crippen LogP contribution in [0.2, 0.25) is 5.02 Å². The molecule has 2 N–H and O–H groups in total. The molecule has 1 aromatic heterocycles. The van der Waals surface area contributed by atoms with Crippen molar-refractivity contribution in [2.75, 3.05) is 20.6 Å². The van der Waals surface area contributed by atoms with Gasteiger partial charge in [0.1, 0.15) is 0 Å².